The Bertz CT molecular complexity index is 6790. The summed E-state index contributed by atoms with van der Waals surface area (Å²) in [5.74, 6) is 0. The zero-order chi connectivity index (χ0) is 72.9. The lowest BCUT2D eigenvalue weighted by Crippen LogP contribution is -2.10. The molecule has 0 N–H and O–H groups in total. The molecule has 2 nitrogen and oxygen atoms in total. The topological polar surface area (TPSA) is 6.48 Å². The highest BCUT2D eigenvalue weighted by Gasteiger charge is 2.25. The predicted octanol–water partition coefficient (Wildman–Crippen LogP) is 30.5. The number of nitrogens with zero attached hydrogens (tertiary/aromatic N) is 2. The first-order valence-corrected chi connectivity index (χ1v) is 38.7. The standard InChI is InChI=1S/C57H39N.C50H33NS/c1-3-11-39(12-4-1)41-21-23-42(24-22-41)43-29-33-49(34-30-43)58(56-20-9-16-46-26-25-44-15-7-8-17-52(44)57(46)56)50-35-31-45(32-36-50)51-18-10-19-53-54-37-47(40-13-5-2-6-14-40)27-28-48(54)38-55(51)53;1-3-11-34(12-4-1)36-23-28-41(29-24-36)51(47-20-9-16-39-22-21-37-15-7-8-17-43(37)49(39)47)42-30-25-38(26-31-42)44-18-10-19-45-46-33-40(35-13-5-2-6-14-35)27-32-48(46)52-50(44)45/h1-37H,38H2;1-33H. The van der Waals surface area contributed by atoms with E-state index in [-0.39, 0.29) is 0 Å². The van der Waals surface area contributed by atoms with Crippen LogP contribution in [0.25, 0.3) is 152 Å². The van der Waals surface area contributed by atoms with Crippen molar-refractivity contribution in [3.8, 4) is 89.0 Å². The van der Waals surface area contributed by atoms with Crippen molar-refractivity contribution < 1.29 is 0 Å². The zero-order valence-corrected chi connectivity index (χ0v) is 61.2. The number of fused-ring (bicyclic) bond motifs is 12. The number of anilines is 6. The Balaban J connectivity index is 0.000000145. The quantitative estimate of drug-likeness (QED) is 0.106. The van der Waals surface area contributed by atoms with Gasteiger partial charge in [-0.2, -0.15) is 0 Å². The van der Waals surface area contributed by atoms with Crippen LogP contribution in [0, 0.1) is 0 Å². The molecule has 0 radical (unpaired) electrons. The lowest BCUT2D eigenvalue weighted by atomic mass is 9.95. The molecule has 0 aliphatic heterocycles. The molecule has 3 heteroatoms. The summed E-state index contributed by atoms with van der Waals surface area (Å²) in [6, 6.07) is 155. The van der Waals surface area contributed by atoms with Crippen LogP contribution in [-0.2, 0) is 6.42 Å². The Hall–Kier alpha value is -14.0. The highest BCUT2D eigenvalue weighted by Crippen LogP contribution is 2.49. The van der Waals surface area contributed by atoms with Gasteiger partial charge in [0.2, 0.25) is 0 Å². The molecule has 0 unspecified atom stereocenters. The maximum absolute atomic E-state index is 2.43. The number of benzene rings is 19. The summed E-state index contributed by atoms with van der Waals surface area (Å²) in [6.45, 7) is 0. The number of hydrogen-bond acceptors (Lipinski definition) is 3. The van der Waals surface area contributed by atoms with E-state index in [2.05, 4.69) is 434 Å². The van der Waals surface area contributed by atoms with E-state index in [4.69, 9.17) is 0 Å². The van der Waals surface area contributed by atoms with Gasteiger partial charge in [0.05, 0.1) is 11.4 Å². The van der Waals surface area contributed by atoms with E-state index in [1.54, 1.807) is 0 Å². The first-order chi connectivity index (χ1) is 54.5. The monoisotopic (exact) mass is 1420 g/mol. The van der Waals surface area contributed by atoms with E-state index in [9.17, 15) is 0 Å². The number of thiophene rings is 1. The van der Waals surface area contributed by atoms with Crippen LogP contribution >= 0.6 is 11.3 Å². The molecule has 0 amide bonds. The smallest absolute Gasteiger partial charge is 0.0546 e. The van der Waals surface area contributed by atoms with Crippen molar-refractivity contribution in [2.75, 3.05) is 9.80 Å². The van der Waals surface area contributed by atoms with Gasteiger partial charge in [-0.15, -0.1) is 11.3 Å². The van der Waals surface area contributed by atoms with E-state index in [0.717, 1.165) is 40.5 Å². The molecule has 0 saturated carbocycles. The van der Waals surface area contributed by atoms with Crippen molar-refractivity contribution >= 4 is 109 Å². The van der Waals surface area contributed by atoms with Crippen molar-refractivity contribution in [1.29, 1.82) is 0 Å². The summed E-state index contributed by atoms with van der Waals surface area (Å²) in [5.41, 5.74) is 29.6. The molecule has 19 aromatic carbocycles. The fourth-order valence-corrected chi connectivity index (χ4v) is 17.9. The van der Waals surface area contributed by atoms with Crippen LogP contribution in [0.5, 0.6) is 0 Å². The van der Waals surface area contributed by atoms with E-state index < -0.39 is 0 Å². The van der Waals surface area contributed by atoms with Crippen molar-refractivity contribution in [1.82, 2.24) is 0 Å². The largest absolute Gasteiger partial charge is 0.310 e. The minimum Gasteiger partial charge on any atom is -0.310 e. The molecule has 0 fully saturated rings. The van der Waals surface area contributed by atoms with Gasteiger partial charge in [0.25, 0.3) is 0 Å². The molecule has 0 atom stereocenters. The molecule has 1 aliphatic carbocycles. The van der Waals surface area contributed by atoms with Crippen LogP contribution in [0.2, 0.25) is 0 Å². The van der Waals surface area contributed by atoms with Gasteiger partial charge in [0.15, 0.2) is 0 Å². The maximum atomic E-state index is 2.43. The normalized spacial score (nSPS) is 11.6. The van der Waals surface area contributed by atoms with E-state index in [0.29, 0.717) is 0 Å². The zero-order valence-electron chi connectivity index (χ0n) is 60.4. The van der Waals surface area contributed by atoms with Gasteiger partial charge in [-0.25, -0.2) is 0 Å². The SMILES string of the molecule is c1ccc(-c2ccc(-c3ccc(N(c4ccc(-c5cccc6c5Cc5ccc(-c7ccccc7)cc5-6)cc4)c4cccc5ccc6ccccc6c45)cc3)cc2)cc1.c1ccc(-c2ccc(N(c3ccc(-c4cccc5c4sc4ccc(-c6ccccc6)cc45)cc3)c3cccc4ccc5ccccc5c34)cc2)cc1. The Labute approximate surface area is 645 Å². The van der Waals surface area contributed by atoms with Gasteiger partial charge < -0.3 is 9.80 Å². The van der Waals surface area contributed by atoms with Crippen molar-refractivity contribution in [2.45, 2.75) is 6.42 Å². The van der Waals surface area contributed by atoms with Crippen molar-refractivity contribution in [3.05, 3.63) is 436 Å². The average molecular weight is 1420 g/mol. The highest BCUT2D eigenvalue weighted by atomic mass is 32.1. The molecule has 21 rings (SSSR count). The summed E-state index contributed by atoms with van der Waals surface area (Å²) in [5, 5.41) is 12.6. The van der Waals surface area contributed by atoms with E-state index >= 15 is 0 Å². The average Bonchev–Trinajstić information content (AvgIpc) is 0.974. The fraction of sp³-hybridized carbons (Fsp3) is 0.00935. The molecule has 0 spiro atoms. The van der Waals surface area contributed by atoms with Gasteiger partial charge in [-0.05, 0) is 218 Å². The minimum atomic E-state index is 0.939. The van der Waals surface area contributed by atoms with E-state index in [1.165, 1.54) is 163 Å². The van der Waals surface area contributed by atoms with Crippen molar-refractivity contribution in [3.63, 3.8) is 0 Å². The first-order valence-electron chi connectivity index (χ1n) is 37.9. The predicted molar refractivity (Wildman–Crippen MR) is 471 cm³/mol. The van der Waals surface area contributed by atoms with Crippen LogP contribution in [0.15, 0.2) is 425 Å². The Morgan fingerprint density at radius 1 is 0.200 bits per heavy atom. The van der Waals surface area contributed by atoms with Gasteiger partial charge in [-0.3, -0.25) is 0 Å². The summed E-state index contributed by atoms with van der Waals surface area (Å²) < 4.78 is 2.64. The van der Waals surface area contributed by atoms with Crippen molar-refractivity contribution in [2.24, 2.45) is 0 Å². The van der Waals surface area contributed by atoms with Gasteiger partial charge in [0.1, 0.15) is 0 Å². The summed E-state index contributed by atoms with van der Waals surface area (Å²) in [4.78, 5) is 4.84. The van der Waals surface area contributed by atoms with Crippen LogP contribution < -0.4 is 9.80 Å². The van der Waals surface area contributed by atoms with Gasteiger partial charge in [-0.1, -0.05) is 346 Å². The Morgan fingerprint density at radius 2 is 0.536 bits per heavy atom. The molecule has 1 heterocycles. The first kappa shape index (κ1) is 65.5. The molecular formula is C107H72N2S. The number of hydrogen-bond donors (Lipinski definition) is 0. The Morgan fingerprint density at radius 3 is 1.03 bits per heavy atom. The van der Waals surface area contributed by atoms with Crippen LogP contribution in [0.1, 0.15) is 11.1 Å². The second-order valence-electron chi connectivity index (χ2n) is 28.6. The molecule has 0 saturated heterocycles. The van der Waals surface area contributed by atoms with Gasteiger partial charge >= 0.3 is 0 Å². The van der Waals surface area contributed by atoms with Crippen LogP contribution in [0.3, 0.4) is 0 Å². The Kier molecular flexibility index (Phi) is 16.9. The van der Waals surface area contributed by atoms with Gasteiger partial charge in [0, 0.05) is 53.7 Å². The molecule has 516 valence electrons. The molecule has 110 heavy (non-hydrogen) atoms. The number of rotatable bonds is 13. The molecule has 1 aromatic heterocycles. The third kappa shape index (κ3) is 12.2. The highest BCUT2D eigenvalue weighted by molar-refractivity contribution is 7.26. The lowest BCUT2D eigenvalue weighted by Gasteiger charge is -2.28. The molecule has 0 bridgehead atoms. The minimum absolute atomic E-state index is 0.939. The second-order valence-corrected chi connectivity index (χ2v) is 29.7. The summed E-state index contributed by atoms with van der Waals surface area (Å²) in [6.07, 6.45) is 0.939. The second kappa shape index (κ2) is 28.4. The summed E-state index contributed by atoms with van der Waals surface area (Å²) >= 11 is 1.88. The third-order valence-corrected chi connectivity index (χ3v) is 23.4. The van der Waals surface area contributed by atoms with Crippen LogP contribution in [0.4, 0.5) is 34.1 Å². The lowest BCUT2D eigenvalue weighted by molar-refractivity contribution is 1.26. The fourth-order valence-electron chi connectivity index (χ4n) is 16.7. The maximum Gasteiger partial charge on any atom is 0.0546 e. The summed E-state index contributed by atoms with van der Waals surface area (Å²) in [7, 11) is 0. The third-order valence-electron chi connectivity index (χ3n) is 22.2. The molecule has 20 aromatic rings. The molecular weight excluding hydrogens is 1350 g/mol. The molecule has 1 aliphatic rings. The van der Waals surface area contributed by atoms with Crippen LogP contribution in [-0.4, -0.2) is 0 Å². The van der Waals surface area contributed by atoms with E-state index in [1.807, 2.05) is 11.3 Å².